The molecule has 2 atom stereocenters. The van der Waals surface area contributed by atoms with Gasteiger partial charge in [0.2, 0.25) is 0 Å². The van der Waals surface area contributed by atoms with Crippen LogP contribution in [0.4, 0.5) is 0 Å². The summed E-state index contributed by atoms with van der Waals surface area (Å²) in [5, 5.41) is 0.834. The highest BCUT2D eigenvalue weighted by Crippen LogP contribution is 2.36. The van der Waals surface area contributed by atoms with Crippen LogP contribution in [0.15, 0.2) is 24.3 Å². The molecule has 1 aromatic carbocycles. The molecule has 2 heteroatoms. The highest BCUT2D eigenvalue weighted by Gasteiger charge is 2.26. The predicted octanol–water partition coefficient (Wildman–Crippen LogP) is 3.54. The van der Waals surface area contributed by atoms with Crippen molar-refractivity contribution in [3.05, 3.63) is 34.9 Å². The van der Waals surface area contributed by atoms with Gasteiger partial charge in [-0.15, -0.1) is 0 Å². The quantitative estimate of drug-likeness (QED) is 0.742. The smallest absolute Gasteiger partial charge is 0.0406 e. The fourth-order valence-electron chi connectivity index (χ4n) is 2.46. The molecule has 1 nitrogen and oxygen atoms in total. The van der Waals surface area contributed by atoms with Gasteiger partial charge in [0.05, 0.1) is 0 Å². The second-order valence-corrected chi connectivity index (χ2v) is 5.12. The molecule has 0 bridgehead atoms. The third-order valence-electron chi connectivity index (χ3n) is 3.48. The second-order valence-electron chi connectivity index (χ2n) is 4.68. The van der Waals surface area contributed by atoms with Crippen molar-refractivity contribution in [1.29, 1.82) is 0 Å². The first-order valence-electron chi connectivity index (χ1n) is 5.58. The van der Waals surface area contributed by atoms with E-state index in [-0.39, 0.29) is 0 Å². The Morgan fingerprint density at radius 2 is 1.80 bits per heavy atom. The van der Waals surface area contributed by atoms with Crippen LogP contribution in [0.2, 0.25) is 5.02 Å². The molecule has 0 saturated heterocycles. The SMILES string of the molecule is CN(C)[C@@H]1CC[C@H](c2ccc(Cl)cc2)C1. The molecule has 1 aromatic rings. The maximum atomic E-state index is 5.89. The zero-order valence-electron chi connectivity index (χ0n) is 9.41. The van der Waals surface area contributed by atoms with Crippen LogP contribution in [0.1, 0.15) is 30.7 Å². The molecule has 0 radical (unpaired) electrons. The average molecular weight is 224 g/mol. The van der Waals surface area contributed by atoms with Crippen molar-refractivity contribution in [3.63, 3.8) is 0 Å². The van der Waals surface area contributed by atoms with Crippen LogP contribution in [0.25, 0.3) is 0 Å². The van der Waals surface area contributed by atoms with Gasteiger partial charge in [-0.05, 0) is 57.0 Å². The summed E-state index contributed by atoms with van der Waals surface area (Å²) >= 11 is 5.89. The lowest BCUT2D eigenvalue weighted by molar-refractivity contribution is 0.296. The standard InChI is InChI=1S/C13H18ClN/c1-15(2)13-8-5-11(9-13)10-3-6-12(14)7-4-10/h3-4,6-7,11,13H,5,8-9H2,1-2H3/t11-,13+/m0/s1. The summed E-state index contributed by atoms with van der Waals surface area (Å²) in [7, 11) is 4.35. The molecule has 1 aliphatic carbocycles. The molecule has 1 fully saturated rings. The van der Waals surface area contributed by atoms with Crippen molar-refractivity contribution in [2.75, 3.05) is 14.1 Å². The van der Waals surface area contributed by atoms with Gasteiger partial charge < -0.3 is 4.90 Å². The van der Waals surface area contributed by atoms with Gasteiger partial charge >= 0.3 is 0 Å². The zero-order chi connectivity index (χ0) is 10.8. The van der Waals surface area contributed by atoms with E-state index in [4.69, 9.17) is 11.6 Å². The van der Waals surface area contributed by atoms with Crippen LogP contribution in [-0.4, -0.2) is 25.0 Å². The Balaban J connectivity index is 2.04. The molecular weight excluding hydrogens is 206 g/mol. The molecule has 0 aromatic heterocycles. The van der Waals surface area contributed by atoms with E-state index in [9.17, 15) is 0 Å². The molecule has 2 rings (SSSR count). The van der Waals surface area contributed by atoms with Crippen molar-refractivity contribution in [1.82, 2.24) is 4.90 Å². The lowest BCUT2D eigenvalue weighted by Crippen LogP contribution is -2.24. The number of benzene rings is 1. The molecule has 0 heterocycles. The van der Waals surface area contributed by atoms with Gasteiger partial charge in [-0.1, -0.05) is 23.7 Å². The molecule has 15 heavy (non-hydrogen) atoms. The number of hydrogen-bond acceptors (Lipinski definition) is 1. The summed E-state index contributed by atoms with van der Waals surface area (Å²) < 4.78 is 0. The van der Waals surface area contributed by atoms with Gasteiger partial charge in [-0.2, -0.15) is 0 Å². The van der Waals surface area contributed by atoms with Crippen LogP contribution >= 0.6 is 11.6 Å². The molecule has 82 valence electrons. The first kappa shape index (κ1) is 11.0. The van der Waals surface area contributed by atoms with Crippen molar-refractivity contribution < 1.29 is 0 Å². The Kier molecular flexibility index (Phi) is 3.32. The van der Waals surface area contributed by atoms with Crippen molar-refractivity contribution in [2.45, 2.75) is 31.2 Å². The number of halogens is 1. The van der Waals surface area contributed by atoms with Crippen LogP contribution in [0.3, 0.4) is 0 Å². The van der Waals surface area contributed by atoms with Crippen LogP contribution in [-0.2, 0) is 0 Å². The van der Waals surface area contributed by atoms with Gasteiger partial charge in [-0.25, -0.2) is 0 Å². The summed E-state index contributed by atoms with van der Waals surface area (Å²) in [4.78, 5) is 2.34. The minimum atomic E-state index is 0.731. The van der Waals surface area contributed by atoms with E-state index in [0.717, 1.165) is 17.0 Å². The Labute approximate surface area is 97.0 Å². The van der Waals surface area contributed by atoms with Crippen molar-refractivity contribution in [3.8, 4) is 0 Å². The second kappa shape index (κ2) is 4.54. The normalized spacial score (nSPS) is 26.1. The number of nitrogens with zero attached hydrogens (tertiary/aromatic N) is 1. The van der Waals surface area contributed by atoms with Crippen molar-refractivity contribution >= 4 is 11.6 Å². The van der Waals surface area contributed by atoms with Gasteiger partial charge in [0, 0.05) is 11.1 Å². The highest BCUT2D eigenvalue weighted by molar-refractivity contribution is 6.30. The molecule has 0 unspecified atom stereocenters. The Bertz CT molecular complexity index is 318. The maximum Gasteiger partial charge on any atom is 0.0406 e. The monoisotopic (exact) mass is 223 g/mol. The molecule has 0 aliphatic heterocycles. The van der Waals surface area contributed by atoms with Crippen LogP contribution in [0, 0.1) is 0 Å². The third-order valence-corrected chi connectivity index (χ3v) is 3.73. The third kappa shape index (κ3) is 2.53. The maximum absolute atomic E-state index is 5.89. The fourth-order valence-corrected chi connectivity index (χ4v) is 2.59. The van der Waals surface area contributed by atoms with E-state index in [1.165, 1.54) is 24.8 Å². The number of hydrogen-bond donors (Lipinski definition) is 0. The lowest BCUT2D eigenvalue weighted by Gasteiger charge is -2.19. The summed E-state index contributed by atoms with van der Waals surface area (Å²) in [5.41, 5.74) is 1.45. The van der Waals surface area contributed by atoms with E-state index in [1.54, 1.807) is 0 Å². The lowest BCUT2D eigenvalue weighted by atomic mass is 9.97. The van der Waals surface area contributed by atoms with E-state index < -0.39 is 0 Å². The van der Waals surface area contributed by atoms with Gasteiger partial charge in [0.15, 0.2) is 0 Å². The Morgan fingerprint density at radius 1 is 1.13 bits per heavy atom. The van der Waals surface area contributed by atoms with E-state index in [2.05, 4.69) is 31.1 Å². The average Bonchev–Trinajstić information content (AvgIpc) is 2.68. The molecule has 1 aliphatic rings. The van der Waals surface area contributed by atoms with E-state index >= 15 is 0 Å². The minimum Gasteiger partial charge on any atom is -0.306 e. The molecule has 0 N–H and O–H groups in total. The fraction of sp³-hybridized carbons (Fsp3) is 0.538. The zero-order valence-corrected chi connectivity index (χ0v) is 10.2. The van der Waals surface area contributed by atoms with Crippen LogP contribution < -0.4 is 0 Å². The Morgan fingerprint density at radius 3 is 2.33 bits per heavy atom. The molecule has 1 saturated carbocycles. The van der Waals surface area contributed by atoms with E-state index in [1.807, 2.05) is 12.1 Å². The number of rotatable bonds is 2. The first-order chi connectivity index (χ1) is 7.16. The summed E-state index contributed by atoms with van der Waals surface area (Å²) in [6.45, 7) is 0. The molecule has 0 amide bonds. The molecule has 0 spiro atoms. The first-order valence-corrected chi connectivity index (χ1v) is 5.96. The molecular formula is C13H18ClN. The topological polar surface area (TPSA) is 3.24 Å². The van der Waals surface area contributed by atoms with Gasteiger partial charge in [0.25, 0.3) is 0 Å². The minimum absolute atomic E-state index is 0.731. The van der Waals surface area contributed by atoms with Gasteiger partial charge in [0.1, 0.15) is 0 Å². The summed E-state index contributed by atoms with van der Waals surface area (Å²) in [6, 6.07) is 9.10. The largest absolute Gasteiger partial charge is 0.306 e. The van der Waals surface area contributed by atoms with Gasteiger partial charge in [-0.3, -0.25) is 0 Å². The summed E-state index contributed by atoms with van der Waals surface area (Å²) in [6.07, 6.45) is 3.92. The summed E-state index contributed by atoms with van der Waals surface area (Å²) in [5.74, 6) is 0.731. The van der Waals surface area contributed by atoms with E-state index in [0.29, 0.717) is 0 Å². The van der Waals surface area contributed by atoms with Crippen molar-refractivity contribution in [2.24, 2.45) is 0 Å². The van der Waals surface area contributed by atoms with Crippen LogP contribution in [0.5, 0.6) is 0 Å². The Hall–Kier alpha value is -0.530. The predicted molar refractivity (Wildman–Crippen MR) is 65.5 cm³/mol. The highest BCUT2D eigenvalue weighted by atomic mass is 35.5.